The van der Waals surface area contributed by atoms with Crippen LogP contribution in [-0.4, -0.2) is 60.5 Å². The summed E-state index contributed by atoms with van der Waals surface area (Å²) in [4.78, 5) is 8.36. The zero-order valence-corrected chi connectivity index (χ0v) is 11.3. The van der Waals surface area contributed by atoms with Gasteiger partial charge in [-0.3, -0.25) is 4.79 Å². The number of hydrogen-bond acceptors (Lipinski definition) is 6. The second-order valence-electron chi connectivity index (χ2n) is 4.65. The Balaban J connectivity index is 0.000000982. The van der Waals surface area contributed by atoms with Crippen LogP contribution in [0.5, 0.6) is 0 Å². The van der Waals surface area contributed by atoms with Crippen LogP contribution in [0, 0.1) is 0 Å². The van der Waals surface area contributed by atoms with Gasteiger partial charge in [0.1, 0.15) is 0 Å². The molecule has 1 aliphatic heterocycles. The van der Waals surface area contributed by atoms with Gasteiger partial charge in [-0.25, -0.2) is 0 Å². The van der Waals surface area contributed by atoms with Gasteiger partial charge < -0.3 is 31.5 Å². The highest BCUT2D eigenvalue weighted by Gasteiger charge is 2.22. The first-order valence-corrected chi connectivity index (χ1v) is 6.74. The van der Waals surface area contributed by atoms with Gasteiger partial charge in [-0.15, -0.1) is 0 Å². The summed E-state index contributed by atoms with van der Waals surface area (Å²) in [5, 5.41) is 31.2. The minimum absolute atomic E-state index is 0.250. The molecule has 2 atom stereocenters. The van der Waals surface area contributed by atoms with Gasteiger partial charge in [0.2, 0.25) is 0 Å². The van der Waals surface area contributed by atoms with Crippen LogP contribution in [0.15, 0.2) is 0 Å². The molecule has 0 aliphatic carbocycles. The number of nitrogens with one attached hydrogen (secondary N) is 2. The van der Waals surface area contributed by atoms with Crippen LogP contribution in [0.1, 0.15) is 25.7 Å². The van der Waals surface area contributed by atoms with Crippen LogP contribution in [0.2, 0.25) is 6.32 Å². The summed E-state index contributed by atoms with van der Waals surface area (Å²) in [6.07, 6.45) is 4.70. The van der Waals surface area contributed by atoms with Crippen molar-refractivity contribution in [2.24, 2.45) is 5.73 Å². The standard InChI is InChI=1S/C10H24BN3O2.CH2O2/c12-5-6-13-10-7-9(14-8-10)3-1-2-4-11(15)16;2-1-3/h9-10,13-16H,1-8,12H2;1H,(H,2,3). The second-order valence-corrected chi connectivity index (χ2v) is 4.65. The molecule has 19 heavy (non-hydrogen) atoms. The zero-order chi connectivity index (χ0) is 14.5. The Morgan fingerprint density at radius 3 is 2.68 bits per heavy atom. The van der Waals surface area contributed by atoms with Crippen molar-refractivity contribution in [2.45, 2.75) is 44.1 Å². The fourth-order valence-corrected chi connectivity index (χ4v) is 2.20. The van der Waals surface area contributed by atoms with E-state index in [2.05, 4.69) is 10.6 Å². The number of carbonyl (C=O) groups is 1. The van der Waals surface area contributed by atoms with Gasteiger partial charge >= 0.3 is 7.12 Å². The summed E-state index contributed by atoms with van der Waals surface area (Å²) in [6.45, 7) is 2.35. The first-order valence-electron chi connectivity index (χ1n) is 6.74. The van der Waals surface area contributed by atoms with Crippen molar-refractivity contribution < 1.29 is 19.9 Å². The Morgan fingerprint density at radius 2 is 2.11 bits per heavy atom. The summed E-state index contributed by atoms with van der Waals surface area (Å²) in [5.74, 6) is 0. The molecule has 2 unspecified atom stereocenters. The number of nitrogens with two attached hydrogens (primary N) is 1. The highest BCUT2D eigenvalue weighted by molar-refractivity contribution is 6.40. The summed E-state index contributed by atoms with van der Waals surface area (Å²) in [5.41, 5.74) is 5.44. The first-order chi connectivity index (χ1) is 9.13. The SMILES string of the molecule is NCCNC1CNC(CCCCB(O)O)C1.O=CO. The van der Waals surface area contributed by atoms with Crippen LogP contribution in [0.3, 0.4) is 0 Å². The Kier molecular flexibility index (Phi) is 11.9. The van der Waals surface area contributed by atoms with E-state index in [1.54, 1.807) is 0 Å². The van der Waals surface area contributed by atoms with E-state index in [9.17, 15) is 0 Å². The number of unbranched alkanes of at least 4 members (excludes halogenated alkanes) is 1. The number of hydrogen-bond donors (Lipinski definition) is 6. The van der Waals surface area contributed by atoms with Crippen LogP contribution in [0.4, 0.5) is 0 Å². The lowest BCUT2D eigenvalue weighted by molar-refractivity contribution is -0.122. The molecule has 0 aromatic rings. The van der Waals surface area contributed by atoms with E-state index >= 15 is 0 Å². The Morgan fingerprint density at radius 1 is 1.42 bits per heavy atom. The first kappa shape index (κ1) is 18.3. The smallest absolute Gasteiger partial charge is 0.451 e. The van der Waals surface area contributed by atoms with Crippen molar-refractivity contribution in [3.05, 3.63) is 0 Å². The molecule has 1 fully saturated rings. The molecular formula is C11H26BN3O4. The summed E-state index contributed by atoms with van der Waals surface area (Å²) in [7, 11) is -1.14. The second kappa shape index (κ2) is 12.4. The monoisotopic (exact) mass is 275 g/mol. The molecule has 0 amide bonds. The van der Waals surface area contributed by atoms with Gasteiger partial charge in [-0.1, -0.05) is 12.8 Å². The molecule has 0 saturated carbocycles. The van der Waals surface area contributed by atoms with E-state index in [1.165, 1.54) is 0 Å². The Labute approximate surface area is 114 Å². The van der Waals surface area contributed by atoms with Crippen LogP contribution in [-0.2, 0) is 4.79 Å². The third-order valence-corrected chi connectivity index (χ3v) is 3.06. The van der Waals surface area contributed by atoms with Crippen molar-refractivity contribution in [3.8, 4) is 0 Å². The summed E-state index contributed by atoms with van der Waals surface area (Å²) < 4.78 is 0. The van der Waals surface area contributed by atoms with Crippen molar-refractivity contribution >= 4 is 13.6 Å². The van der Waals surface area contributed by atoms with Crippen LogP contribution in [0.25, 0.3) is 0 Å². The van der Waals surface area contributed by atoms with Crippen molar-refractivity contribution in [1.82, 2.24) is 10.6 Å². The zero-order valence-electron chi connectivity index (χ0n) is 11.3. The molecule has 1 heterocycles. The fourth-order valence-electron chi connectivity index (χ4n) is 2.20. The van der Waals surface area contributed by atoms with E-state index in [0.29, 0.717) is 24.9 Å². The average Bonchev–Trinajstić information content (AvgIpc) is 2.81. The maximum atomic E-state index is 8.70. The van der Waals surface area contributed by atoms with E-state index in [1.807, 2.05) is 0 Å². The molecule has 7 nitrogen and oxygen atoms in total. The summed E-state index contributed by atoms with van der Waals surface area (Å²) in [6, 6.07) is 1.13. The number of carboxylic acid groups (broad SMARTS) is 1. The minimum Gasteiger partial charge on any atom is -0.483 e. The van der Waals surface area contributed by atoms with Gasteiger partial charge in [0.05, 0.1) is 0 Å². The minimum atomic E-state index is -1.14. The molecule has 1 aliphatic rings. The van der Waals surface area contributed by atoms with Crippen molar-refractivity contribution in [1.29, 1.82) is 0 Å². The lowest BCUT2D eigenvalue weighted by Gasteiger charge is -2.11. The molecule has 0 bridgehead atoms. The van der Waals surface area contributed by atoms with Gasteiger partial charge in [0, 0.05) is 31.7 Å². The largest absolute Gasteiger partial charge is 0.483 e. The molecule has 1 rings (SSSR count). The maximum Gasteiger partial charge on any atom is 0.451 e. The average molecular weight is 275 g/mol. The quantitative estimate of drug-likeness (QED) is 0.183. The van der Waals surface area contributed by atoms with Crippen molar-refractivity contribution in [2.75, 3.05) is 19.6 Å². The van der Waals surface area contributed by atoms with Gasteiger partial charge in [0.25, 0.3) is 6.47 Å². The Hall–Kier alpha value is -0.665. The molecule has 0 spiro atoms. The normalized spacial score (nSPS) is 21.6. The number of rotatable bonds is 8. The van der Waals surface area contributed by atoms with Crippen molar-refractivity contribution in [3.63, 3.8) is 0 Å². The molecule has 112 valence electrons. The third kappa shape index (κ3) is 10.9. The summed E-state index contributed by atoms with van der Waals surface area (Å²) >= 11 is 0. The highest BCUT2D eigenvalue weighted by atomic mass is 16.4. The van der Waals surface area contributed by atoms with E-state index < -0.39 is 7.12 Å². The van der Waals surface area contributed by atoms with Crippen LogP contribution < -0.4 is 16.4 Å². The molecule has 0 aromatic carbocycles. The predicted molar refractivity (Wildman–Crippen MR) is 74.8 cm³/mol. The topological polar surface area (TPSA) is 128 Å². The van der Waals surface area contributed by atoms with E-state index in [0.717, 1.165) is 38.8 Å². The van der Waals surface area contributed by atoms with Gasteiger partial charge in [0.15, 0.2) is 0 Å². The highest BCUT2D eigenvalue weighted by Crippen LogP contribution is 2.14. The molecule has 1 saturated heterocycles. The predicted octanol–water partition coefficient (Wildman–Crippen LogP) is -1.39. The fraction of sp³-hybridized carbons (Fsp3) is 0.909. The molecule has 7 N–H and O–H groups in total. The van der Waals surface area contributed by atoms with Crippen LogP contribution >= 0.6 is 0 Å². The lowest BCUT2D eigenvalue weighted by atomic mass is 9.83. The molecule has 0 aromatic heterocycles. The van der Waals surface area contributed by atoms with E-state index in [-0.39, 0.29) is 6.47 Å². The molecular weight excluding hydrogens is 249 g/mol. The van der Waals surface area contributed by atoms with Gasteiger partial charge in [-0.2, -0.15) is 0 Å². The maximum absolute atomic E-state index is 8.70. The van der Waals surface area contributed by atoms with Gasteiger partial charge in [-0.05, 0) is 19.2 Å². The lowest BCUT2D eigenvalue weighted by Crippen LogP contribution is -2.34. The van der Waals surface area contributed by atoms with E-state index in [4.69, 9.17) is 25.7 Å². The third-order valence-electron chi connectivity index (χ3n) is 3.06. The molecule has 8 heteroatoms. The Bertz CT molecular complexity index is 222. The molecule has 0 radical (unpaired) electrons.